The largest absolute Gasteiger partial charge is 0.395 e. The maximum Gasteiger partial charge on any atom is 0.242 e. The molecule has 0 aliphatic carbocycles. The molecule has 0 atom stereocenters. The number of aryl methyl sites for hydroxylation is 1. The fourth-order valence-corrected chi connectivity index (χ4v) is 2.40. The number of hydrogen-bond donors (Lipinski definition) is 2. The lowest BCUT2D eigenvalue weighted by molar-refractivity contribution is -0.132. The van der Waals surface area contributed by atoms with E-state index >= 15 is 0 Å². The van der Waals surface area contributed by atoms with Gasteiger partial charge in [-0.25, -0.2) is 0 Å². The summed E-state index contributed by atoms with van der Waals surface area (Å²) < 4.78 is 2.09. The van der Waals surface area contributed by atoms with Crippen LogP contribution >= 0.6 is 12.2 Å². The van der Waals surface area contributed by atoms with Gasteiger partial charge in [0.1, 0.15) is 6.54 Å². The summed E-state index contributed by atoms with van der Waals surface area (Å²) in [5, 5.41) is 16.0. The lowest BCUT2D eigenvalue weighted by Gasteiger charge is -2.20. The molecule has 1 aromatic carbocycles. The fourth-order valence-electron chi connectivity index (χ4n) is 2.20. The number of aliphatic hydroxyl groups is 1. The van der Waals surface area contributed by atoms with Crippen LogP contribution in [0, 0.1) is 11.7 Å². The molecule has 1 heterocycles. The Hall–Kier alpha value is -1.99. The number of nitrogens with zero attached hydrogens (tertiary/aromatic N) is 3. The van der Waals surface area contributed by atoms with Crippen molar-refractivity contribution in [1.29, 1.82) is 0 Å². The highest BCUT2D eigenvalue weighted by Crippen LogP contribution is 2.18. The van der Waals surface area contributed by atoms with Gasteiger partial charge < -0.3 is 10.0 Å². The van der Waals surface area contributed by atoms with Gasteiger partial charge in [0.15, 0.2) is 10.6 Å². The average Bonchev–Trinajstić information content (AvgIpc) is 2.87. The van der Waals surface area contributed by atoms with Gasteiger partial charge in [-0.3, -0.25) is 14.5 Å². The Morgan fingerprint density at radius 1 is 1.41 bits per heavy atom. The molecule has 0 aliphatic heterocycles. The Morgan fingerprint density at radius 2 is 2.09 bits per heavy atom. The zero-order valence-electron chi connectivity index (χ0n) is 12.7. The third-order valence-electron chi connectivity index (χ3n) is 3.47. The summed E-state index contributed by atoms with van der Waals surface area (Å²) in [6.07, 6.45) is 0. The van der Waals surface area contributed by atoms with Crippen molar-refractivity contribution in [2.75, 3.05) is 19.7 Å². The topological polar surface area (TPSA) is 74.2 Å². The van der Waals surface area contributed by atoms with Crippen LogP contribution in [-0.4, -0.2) is 50.4 Å². The molecule has 2 aromatic rings. The molecule has 118 valence electrons. The second-order valence-electron chi connectivity index (χ2n) is 5.00. The van der Waals surface area contributed by atoms with Crippen LogP contribution < -0.4 is 0 Å². The summed E-state index contributed by atoms with van der Waals surface area (Å²) in [6, 6.07) is 7.88. The first kappa shape index (κ1) is 16.4. The number of aromatic nitrogens is 3. The van der Waals surface area contributed by atoms with E-state index in [2.05, 4.69) is 10.2 Å². The number of likely N-dealkylation sites (N-methyl/N-ethyl adjacent to an activating group) is 1. The minimum atomic E-state index is -0.0950. The predicted octanol–water partition coefficient (Wildman–Crippen LogP) is 1.76. The van der Waals surface area contributed by atoms with E-state index in [-0.39, 0.29) is 19.1 Å². The van der Waals surface area contributed by atoms with Gasteiger partial charge in [-0.15, -0.1) is 0 Å². The van der Waals surface area contributed by atoms with Gasteiger partial charge in [0.25, 0.3) is 0 Å². The number of hydrogen-bond acceptors (Lipinski definition) is 4. The van der Waals surface area contributed by atoms with Gasteiger partial charge in [-0.05, 0) is 26.1 Å². The monoisotopic (exact) mass is 320 g/mol. The van der Waals surface area contributed by atoms with Crippen molar-refractivity contribution in [1.82, 2.24) is 19.7 Å². The maximum atomic E-state index is 12.3. The van der Waals surface area contributed by atoms with Crippen LogP contribution in [0.25, 0.3) is 11.4 Å². The van der Waals surface area contributed by atoms with Crippen LogP contribution in [0.5, 0.6) is 0 Å². The van der Waals surface area contributed by atoms with E-state index in [0.717, 1.165) is 11.1 Å². The lowest BCUT2D eigenvalue weighted by Crippen LogP contribution is -2.36. The van der Waals surface area contributed by atoms with E-state index in [9.17, 15) is 4.79 Å². The summed E-state index contributed by atoms with van der Waals surface area (Å²) in [4.78, 5) is 13.9. The summed E-state index contributed by atoms with van der Waals surface area (Å²) >= 11 is 5.23. The molecule has 2 N–H and O–H groups in total. The molecule has 0 fully saturated rings. The second kappa shape index (κ2) is 7.33. The minimum absolute atomic E-state index is 0.0544. The third kappa shape index (κ3) is 3.61. The number of aromatic amines is 1. The van der Waals surface area contributed by atoms with E-state index in [1.165, 1.54) is 0 Å². The van der Waals surface area contributed by atoms with Gasteiger partial charge in [0.05, 0.1) is 6.61 Å². The summed E-state index contributed by atoms with van der Waals surface area (Å²) in [5.41, 5.74) is 2.05. The molecule has 0 unspecified atom stereocenters. The Bertz CT molecular complexity index is 690. The van der Waals surface area contributed by atoms with E-state index in [1.807, 2.05) is 38.1 Å². The van der Waals surface area contributed by atoms with Crippen molar-refractivity contribution in [3.05, 3.63) is 34.6 Å². The molecule has 1 amide bonds. The van der Waals surface area contributed by atoms with Gasteiger partial charge in [-0.2, -0.15) is 5.10 Å². The maximum absolute atomic E-state index is 12.3. The van der Waals surface area contributed by atoms with Crippen molar-refractivity contribution in [3.63, 3.8) is 0 Å². The van der Waals surface area contributed by atoms with Crippen LogP contribution in [0.4, 0.5) is 0 Å². The smallest absolute Gasteiger partial charge is 0.242 e. The molecule has 22 heavy (non-hydrogen) atoms. The van der Waals surface area contributed by atoms with Gasteiger partial charge >= 0.3 is 0 Å². The molecule has 2 rings (SSSR count). The highest BCUT2D eigenvalue weighted by atomic mass is 32.1. The standard InChI is InChI=1S/C15H20N4O2S/c1-3-18(8-9-20)13(21)10-19-14(16-17-15(19)22)12-6-4-11(2)5-7-12/h4-7,20H,3,8-10H2,1-2H3,(H,17,22). The number of nitrogens with one attached hydrogen (secondary N) is 1. The Morgan fingerprint density at radius 3 is 2.68 bits per heavy atom. The van der Waals surface area contributed by atoms with Crippen molar-refractivity contribution in [3.8, 4) is 11.4 Å². The quantitative estimate of drug-likeness (QED) is 0.795. The van der Waals surface area contributed by atoms with Crippen molar-refractivity contribution >= 4 is 18.1 Å². The minimum Gasteiger partial charge on any atom is -0.395 e. The van der Waals surface area contributed by atoms with Gasteiger partial charge in [-0.1, -0.05) is 29.8 Å². The molecule has 0 aliphatic rings. The molecule has 0 spiro atoms. The number of aliphatic hydroxyl groups excluding tert-OH is 1. The van der Waals surface area contributed by atoms with E-state index < -0.39 is 0 Å². The SMILES string of the molecule is CCN(CCO)C(=O)Cn1c(-c2ccc(C)cc2)n[nH]c1=S. The number of amides is 1. The van der Waals surface area contributed by atoms with E-state index in [4.69, 9.17) is 17.3 Å². The Balaban J connectivity index is 2.28. The Labute approximate surface area is 134 Å². The summed E-state index contributed by atoms with van der Waals surface area (Å²) in [6.45, 7) is 4.81. The number of rotatable bonds is 6. The number of carbonyl (C=O) groups is 1. The number of benzene rings is 1. The van der Waals surface area contributed by atoms with Crippen molar-refractivity contribution < 1.29 is 9.90 Å². The van der Waals surface area contributed by atoms with Gasteiger partial charge in [0.2, 0.25) is 5.91 Å². The molecule has 6 nitrogen and oxygen atoms in total. The van der Waals surface area contributed by atoms with E-state index in [1.54, 1.807) is 9.47 Å². The van der Waals surface area contributed by atoms with Crippen LogP contribution in [0.1, 0.15) is 12.5 Å². The highest BCUT2D eigenvalue weighted by Gasteiger charge is 2.16. The Kier molecular flexibility index (Phi) is 5.46. The second-order valence-corrected chi connectivity index (χ2v) is 5.39. The van der Waals surface area contributed by atoms with Gasteiger partial charge in [0, 0.05) is 18.7 Å². The molecule has 0 saturated carbocycles. The summed E-state index contributed by atoms with van der Waals surface area (Å²) in [7, 11) is 0. The average molecular weight is 320 g/mol. The molecule has 1 aromatic heterocycles. The zero-order chi connectivity index (χ0) is 16.1. The molecular weight excluding hydrogens is 300 g/mol. The lowest BCUT2D eigenvalue weighted by atomic mass is 10.1. The normalized spacial score (nSPS) is 10.7. The van der Waals surface area contributed by atoms with E-state index in [0.29, 0.717) is 23.7 Å². The van der Waals surface area contributed by atoms with Crippen molar-refractivity contribution in [2.24, 2.45) is 0 Å². The van der Waals surface area contributed by atoms with Crippen LogP contribution in [0.3, 0.4) is 0 Å². The first-order valence-electron chi connectivity index (χ1n) is 7.17. The highest BCUT2D eigenvalue weighted by molar-refractivity contribution is 7.71. The van der Waals surface area contributed by atoms with Crippen LogP contribution in [-0.2, 0) is 11.3 Å². The first-order chi connectivity index (χ1) is 10.6. The van der Waals surface area contributed by atoms with Crippen LogP contribution in [0.2, 0.25) is 0 Å². The number of H-pyrrole nitrogens is 1. The molecular formula is C15H20N4O2S. The molecule has 7 heteroatoms. The molecule has 0 radical (unpaired) electrons. The molecule has 0 bridgehead atoms. The first-order valence-corrected chi connectivity index (χ1v) is 7.58. The predicted molar refractivity (Wildman–Crippen MR) is 86.9 cm³/mol. The summed E-state index contributed by atoms with van der Waals surface area (Å²) in [5.74, 6) is 0.542. The third-order valence-corrected chi connectivity index (χ3v) is 3.78. The van der Waals surface area contributed by atoms with Crippen LogP contribution in [0.15, 0.2) is 24.3 Å². The van der Waals surface area contributed by atoms with Crippen molar-refractivity contribution in [2.45, 2.75) is 20.4 Å². The fraction of sp³-hybridized carbons (Fsp3) is 0.400. The number of carbonyl (C=O) groups excluding carboxylic acids is 1. The zero-order valence-corrected chi connectivity index (χ0v) is 13.6. The molecule has 0 saturated heterocycles.